The molecule has 3 aromatic rings. The second kappa shape index (κ2) is 7.96. The van der Waals surface area contributed by atoms with Crippen LogP contribution in [0, 0.1) is 18.3 Å². The number of aromatic nitrogens is 1. The molecule has 1 N–H and O–H groups in total. The number of carbonyl (C=O) groups excluding carboxylic acids is 2. The number of thiophene rings is 1. The van der Waals surface area contributed by atoms with E-state index in [0.29, 0.717) is 36.7 Å². The highest BCUT2D eigenvalue weighted by Gasteiger charge is 2.58. The van der Waals surface area contributed by atoms with Gasteiger partial charge in [0.1, 0.15) is 17.0 Å². The summed E-state index contributed by atoms with van der Waals surface area (Å²) in [6.45, 7) is 3.70. The largest absolute Gasteiger partial charge is 0.360 e. The smallest absolute Gasteiger partial charge is 0.259 e. The Hall–Kier alpha value is -2.93. The van der Waals surface area contributed by atoms with Crippen LogP contribution in [0.3, 0.4) is 0 Å². The van der Waals surface area contributed by atoms with Crippen molar-refractivity contribution in [3.63, 3.8) is 0 Å². The molecule has 0 bridgehead atoms. The van der Waals surface area contributed by atoms with Crippen LogP contribution in [0.15, 0.2) is 52.4 Å². The Labute approximate surface area is 185 Å². The number of amides is 2. The first-order valence-electron chi connectivity index (χ1n) is 10.7. The molecule has 2 aliphatic rings. The molecular formula is C24H25N3O3S. The van der Waals surface area contributed by atoms with E-state index in [9.17, 15) is 9.59 Å². The molecule has 2 aromatic heterocycles. The van der Waals surface area contributed by atoms with Gasteiger partial charge >= 0.3 is 0 Å². The van der Waals surface area contributed by atoms with Gasteiger partial charge < -0.3 is 14.7 Å². The summed E-state index contributed by atoms with van der Waals surface area (Å²) >= 11 is 1.66. The lowest BCUT2D eigenvalue weighted by Crippen LogP contribution is -2.40. The minimum atomic E-state index is -0.0354. The first-order chi connectivity index (χ1) is 15.1. The third-order valence-electron chi connectivity index (χ3n) is 6.69. The predicted octanol–water partition coefficient (Wildman–Crippen LogP) is 4.27. The molecule has 2 fully saturated rings. The average molecular weight is 436 g/mol. The van der Waals surface area contributed by atoms with Crippen LogP contribution >= 0.6 is 11.3 Å². The Bertz CT molecular complexity index is 1080. The number of benzene rings is 1. The van der Waals surface area contributed by atoms with Gasteiger partial charge in [-0.3, -0.25) is 9.59 Å². The van der Waals surface area contributed by atoms with Crippen molar-refractivity contribution in [1.82, 2.24) is 15.4 Å². The van der Waals surface area contributed by atoms with Crippen molar-refractivity contribution in [2.24, 2.45) is 11.3 Å². The van der Waals surface area contributed by atoms with Gasteiger partial charge in [0.15, 0.2) is 0 Å². The van der Waals surface area contributed by atoms with Gasteiger partial charge in [0.05, 0.1) is 6.54 Å². The van der Waals surface area contributed by atoms with Gasteiger partial charge in [0.25, 0.3) is 5.91 Å². The van der Waals surface area contributed by atoms with Crippen LogP contribution in [0.5, 0.6) is 0 Å². The van der Waals surface area contributed by atoms with Crippen molar-refractivity contribution in [1.29, 1.82) is 0 Å². The first-order valence-corrected chi connectivity index (χ1v) is 11.6. The van der Waals surface area contributed by atoms with Gasteiger partial charge in [-0.15, -0.1) is 11.3 Å². The van der Waals surface area contributed by atoms with Crippen molar-refractivity contribution in [3.8, 4) is 11.3 Å². The molecule has 1 saturated heterocycles. The predicted molar refractivity (Wildman–Crippen MR) is 119 cm³/mol. The molecule has 7 heteroatoms. The standard InChI is InChI=1S/C24H25N3O3S/c1-16-20(21(26-30-16)17-6-3-2-4-7-17)23(29)27-11-9-24(10-12-27)14-19(24)22(28)25-15-18-8-5-13-31-18/h2-8,13,19H,9-12,14-15H2,1H3,(H,25,28). The summed E-state index contributed by atoms with van der Waals surface area (Å²) in [5, 5.41) is 9.24. The Morgan fingerprint density at radius 1 is 1.19 bits per heavy atom. The summed E-state index contributed by atoms with van der Waals surface area (Å²) in [7, 11) is 0. The van der Waals surface area contributed by atoms with Gasteiger partial charge in [0.2, 0.25) is 5.91 Å². The Morgan fingerprint density at radius 2 is 1.97 bits per heavy atom. The van der Waals surface area contributed by atoms with Crippen LogP contribution in [-0.4, -0.2) is 35.0 Å². The van der Waals surface area contributed by atoms with E-state index in [1.807, 2.05) is 52.7 Å². The molecule has 1 saturated carbocycles. The van der Waals surface area contributed by atoms with E-state index in [-0.39, 0.29) is 23.1 Å². The quantitative estimate of drug-likeness (QED) is 0.649. The molecule has 160 valence electrons. The summed E-state index contributed by atoms with van der Waals surface area (Å²) < 4.78 is 5.37. The van der Waals surface area contributed by atoms with Gasteiger partial charge in [0, 0.05) is 29.4 Å². The number of carbonyl (C=O) groups is 2. The monoisotopic (exact) mass is 435 g/mol. The van der Waals surface area contributed by atoms with E-state index in [0.717, 1.165) is 24.8 Å². The van der Waals surface area contributed by atoms with Crippen molar-refractivity contribution in [2.45, 2.75) is 32.7 Å². The molecule has 0 radical (unpaired) electrons. The van der Waals surface area contributed by atoms with Crippen LogP contribution in [0.2, 0.25) is 0 Å². The molecule has 2 amide bonds. The Morgan fingerprint density at radius 3 is 2.68 bits per heavy atom. The summed E-state index contributed by atoms with van der Waals surface area (Å²) in [6, 6.07) is 13.7. The van der Waals surface area contributed by atoms with Crippen molar-refractivity contribution >= 4 is 23.2 Å². The number of piperidine rings is 1. The van der Waals surface area contributed by atoms with E-state index in [4.69, 9.17) is 4.52 Å². The van der Waals surface area contributed by atoms with Gasteiger partial charge in [-0.05, 0) is 43.0 Å². The van der Waals surface area contributed by atoms with Crippen LogP contribution in [0.4, 0.5) is 0 Å². The maximum Gasteiger partial charge on any atom is 0.259 e. The number of nitrogens with one attached hydrogen (secondary N) is 1. The van der Waals surface area contributed by atoms with E-state index in [2.05, 4.69) is 10.5 Å². The first kappa shape index (κ1) is 20.0. The third kappa shape index (κ3) is 3.78. The number of hydrogen-bond donors (Lipinski definition) is 1. The average Bonchev–Trinajstić information content (AvgIpc) is 3.12. The summed E-state index contributed by atoms with van der Waals surface area (Å²) in [4.78, 5) is 29.0. The molecule has 5 rings (SSSR count). The summed E-state index contributed by atoms with van der Waals surface area (Å²) in [5.41, 5.74) is 2.08. The topological polar surface area (TPSA) is 75.4 Å². The summed E-state index contributed by atoms with van der Waals surface area (Å²) in [5.74, 6) is 0.726. The fraction of sp³-hybridized carbons (Fsp3) is 0.375. The molecule has 1 unspecified atom stereocenters. The zero-order valence-electron chi connectivity index (χ0n) is 17.5. The minimum Gasteiger partial charge on any atom is -0.360 e. The van der Waals surface area contributed by atoms with Gasteiger partial charge in [-0.1, -0.05) is 41.6 Å². The SMILES string of the molecule is Cc1onc(-c2ccccc2)c1C(=O)N1CCC2(CC1)CC2C(=O)NCc1cccs1. The molecule has 1 atom stereocenters. The lowest BCUT2D eigenvalue weighted by atomic mass is 9.90. The number of aryl methyl sites for hydroxylation is 1. The van der Waals surface area contributed by atoms with Crippen LogP contribution in [0.1, 0.15) is 40.3 Å². The number of likely N-dealkylation sites (tertiary alicyclic amines) is 1. The molecule has 1 spiro atoms. The molecular weight excluding hydrogens is 410 g/mol. The highest BCUT2D eigenvalue weighted by atomic mass is 32.1. The minimum absolute atomic E-state index is 0.0354. The van der Waals surface area contributed by atoms with Crippen molar-refractivity contribution in [2.75, 3.05) is 13.1 Å². The zero-order chi connectivity index (χ0) is 21.4. The highest BCUT2D eigenvalue weighted by molar-refractivity contribution is 7.09. The zero-order valence-corrected chi connectivity index (χ0v) is 18.3. The fourth-order valence-corrected chi connectivity index (χ4v) is 5.36. The van der Waals surface area contributed by atoms with Crippen molar-refractivity contribution < 1.29 is 14.1 Å². The van der Waals surface area contributed by atoms with E-state index in [1.54, 1.807) is 18.3 Å². The second-order valence-electron chi connectivity index (χ2n) is 8.54. The molecule has 31 heavy (non-hydrogen) atoms. The highest BCUT2D eigenvalue weighted by Crippen LogP contribution is 2.59. The molecule has 1 aromatic carbocycles. The summed E-state index contributed by atoms with van der Waals surface area (Å²) in [6.07, 6.45) is 2.65. The fourth-order valence-electron chi connectivity index (χ4n) is 4.71. The molecule has 1 aliphatic heterocycles. The third-order valence-corrected chi connectivity index (χ3v) is 7.57. The number of hydrogen-bond acceptors (Lipinski definition) is 5. The maximum atomic E-state index is 13.3. The molecule has 6 nitrogen and oxygen atoms in total. The maximum absolute atomic E-state index is 13.3. The lowest BCUT2D eigenvalue weighted by molar-refractivity contribution is -0.123. The van der Waals surface area contributed by atoms with Gasteiger partial charge in [-0.25, -0.2) is 0 Å². The molecule has 3 heterocycles. The normalized spacial score (nSPS) is 19.4. The van der Waals surface area contributed by atoms with Crippen LogP contribution < -0.4 is 5.32 Å². The van der Waals surface area contributed by atoms with E-state index < -0.39 is 0 Å². The van der Waals surface area contributed by atoms with Crippen LogP contribution in [-0.2, 0) is 11.3 Å². The Kier molecular flexibility index (Phi) is 5.14. The Balaban J connectivity index is 1.21. The van der Waals surface area contributed by atoms with Crippen LogP contribution in [0.25, 0.3) is 11.3 Å². The molecule has 1 aliphatic carbocycles. The van der Waals surface area contributed by atoms with Gasteiger partial charge in [-0.2, -0.15) is 0 Å². The number of nitrogens with zero attached hydrogens (tertiary/aromatic N) is 2. The van der Waals surface area contributed by atoms with Crippen molar-refractivity contribution in [3.05, 3.63) is 64.0 Å². The van der Waals surface area contributed by atoms with E-state index >= 15 is 0 Å². The van der Waals surface area contributed by atoms with E-state index in [1.165, 1.54) is 4.88 Å². The lowest BCUT2D eigenvalue weighted by Gasteiger charge is -2.33. The number of rotatable bonds is 5. The second-order valence-corrected chi connectivity index (χ2v) is 9.57.